The molecule has 0 aromatic carbocycles. The van der Waals surface area contributed by atoms with Crippen LogP contribution in [-0.4, -0.2) is 34.3 Å². The molecule has 0 bridgehead atoms. The van der Waals surface area contributed by atoms with Crippen molar-refractivity contribution >= 4 is 11.8 Å². The van der Waals surface area contributed by atoms with E-state index in [1.165, 1.54) is 0 Å². The summed E-state index contributed by atoms with van der Waals surface area (Å²) in [4.78, 5) is 26.9. The van der Waals surface area contributed by atoms with E-state index in [0.717, 1.165) is 25.7 Å². The van der Waals surface area contributed by atoms with Crippen LogP contribution in [-0.2, 0) is 9.59 Å². The maximum atomic E-state index is 12.7. The number of amides is 2. The molecule has 0 spiro atoms. The fourth-order valence-corrected chi connectivity index (χ4v) is 2.96. The predicted octanol–water partition coefficient (Wildman–Crippen LogP) is 2.47. The van der Waals surface area contributed by atoms with Crippen LogP contribution in [0.25, 0.3) is 0 Å². The van der Waals surface area contributed by atoms with Gasteiger partial charge in [0.1, 0.15) is 11.6 Å². The predicted molar refractivity (Wildman–Crippen MR) is 76.8 cm³/mol. The number of hydrogen-bond donors (Lipinski definition) is 1. The lowest BCUT2D eigenvalue weighted by Crippen LogP contribution is -2.71. The lowest BCUT2D eigenvalue weighted by atomic mass is 9.87. The lowest BCUT2D eigenvalue weighted by Gasteiger charge is -2.49. The number of hydrogen-bond acceptors (Lipinski definition) is 2. The monoisotopic (exact) mass is 268 g/mol. The molecule has 1 N–H and O–H groups in total. The summed E-state index contributed by atoms with van der Waals surface area (Å²) in [6.45, 7) is 10.1. The first-order chi connectivity index (χ1) is 8.92. The molecule has 4 heteroatoms. The minimum atomic E-state index is -0.699. The Morgan fingerprint density at radius 1 is 1.26 bits per heavy atom. The first-order valence-corrected chi connectivity index (χ1v) is 7.56. The van der Waals surface area contributed by atoms with Crippen LogP contribution in [0.5, 0.6) is 0 Å². The SMILES string of the molecule is CCCC1NC(=O)C(C)(CC)N(C(C)CCC)C1=O. The highest BCUT2D eigenvalue weighted by Gasteiger charge is 2.49. The van der Waals surface area contributed by atoms with E-state index >= 15 is 0 Å². The molecule has 1 aliphatic rings. The summed E-state index contributed by atoms with van der Waals surface area (Å²) < 4.78 is 0. The zero-order chi connectivity index (χ0) is 14.6. The Balaban J connectivity index is 3.07. The molecule has 0 aromatic heterocycles. The fraction of sp³-hybridized carbons (Fsp3) is 0.867. The molecule has 4 nitrogen and oxygen atoms in total. The van der Waals surface area contributed by atoms with Gasteiger partial charge in [-0.1, -0.05) is 33.6 Å². The van der Waals surface area contributed by atoms with Crippen molar-refractivity contribution in [2.24, 2.45) is 0 Å². The van der Waals surface area contributed by atoms with Gasteiger partial charge in [-0.2, -0.15) is 0 Å². The molecule has 1 saturated heterocycles. The first kappa shape index (κ1) is 16.0. The maximum absolute atomic E-state index is 12.7. The molecule has 1 heterocycles. The summed E-state index contributed by atoms with van der Waals surface area (Å²) in [6, 6.07) is -0.218. The third-order valence-electron chi connectivity index (χ3n) is 4.27. The van der Waals surface area contributed by atoms with Crippen LogP contribution < -0.4 is 5.32 Å². The van der Waals surface area contributed by atoms with Crippen LogP contribution in [0.4, 0.5) is 0 Å². The zero-order valence-electron chi connectivity index (χ0n) is 13.0. The van der Waals surface area contributed by atoms with Crippen LogP contribution in [0.3, 0.4) is 0 Å². The molecule has 2 amide bonds. The Hall–Kier alpha value is -1.06. The molecule has 1 rings (SSSR count). The molecular formula is C15H28N2O2. The topological polar surface area (TPSA) is 49.4 Å². The largest absolute Gasteiger partial charge is 0.342 e. The van der Waals surface area contributed by atoms with Gasteiger partial charge in [-0.3, -0.25) is 9.59 Å². The summed E-state index contributed by atoms with van der Waals surface area (Å²) in [7, 11) is 0. The van der Waals surface area contributed by atoms with Crippen molar-refractivity contribution in [3.05, 3.63) is 0 Å². The second kappa shape index (κ2) is 6.40. The van der Waals surface area contributed by atoms with Gasteiger partial charge in [-0.05, 0) is 33.1 Å². The van der Waals surface area contributed by atoms with E-state index in [2.05, 4.69) is 19.2 Å². The third kappa shape index (κ3) is 2.93. The van der Waals surface area contributed by atoms with Crippen molar-refractivity contribution in [2.45, 2.75) is 84.3 Å². The summed E-state index contributed by atoms with van der Waals surface area (Å²) in [5.41, 5.74) is -0.699. The summed E-state index contributed by atoms with van der Waals surface area (Å²) in [5.74, 6) is 0.0859. The molecule has 0 radical (unpaired) electrons. The normalized spacial score (nSPS) is 29.3. The van der Waals surface area contributed by atoms with Crippen molar-refractivity contribution in [2.75, 3.05) is 0 Å². The molecule has 0 aliphatic carbocycles. The number of carbonyl (C=O) groups excluding carboxylic acids is 2. The van der Waals surface area contributed by atoms with Gasteiger partial charge >= 0.3 is 0 Å². The first-order valence-electron chi connectivity index (χ1n) is 7.56. The van der Waals surface area contributed by atoms with Gasteiger partial charge in [0.15, 0.2) is 0 Å². The van der Waals surface area contributed by atoms with E-state index in [0.29, 0.717) is 6.42 Å². The quantitative estimate of drug-likeness (QED) is 0.804. The number of nitrogens with one attached hydrogen (secondary N) is 1. The molecule has 0 aromatic rings. The maximum Gasteiger partial charge on any atom is 0.246 e. The molecule has 110 valence electrons. The lowest BCUT2D eigenvalue weighted by molar-refractivity contribution is -0.160. The second-order valence-electron chi connectivity index (χ2n) is 5.79. The number of piperazine rings is 1. The third-order valence-corrected chi connectivity index (χ3v) is 4.27. The highest BCUT2D eigenvalue weighted by atomic mass is 16.2. The molecule has 1 aliphatic heterocycles. The standard InChI is InChI=1S/C15H28N2O2/c1-6-9-11(4)17-13(18)12(10-7-2)16-14(19)15(17,5)8-3/h11-12H,6-10H2,1-5H3,(H,16,19). The Kier molecular flexibility index (Phi) is 5.39. The van der Waals surface area contributed by atoms with Crippen LogP contribution >= 0.6 is 0 Å². The minimum absolute atomic E-state index is 0.00370. The molecular weight excluding hydrogens is 240 g/mol. The van der Waals surface area contributed by atoms with Crippen LogP contribution in [0.2, 0.25) is 0 Å². The molecule has 3 unspecified atom stereocenters. The summed E-state index contributed by atoms with van der Waals surface area (Å²) >= 11 is 0. The van der Waals surface area contributed by atoms with Crippen LogP contribution in [0.15, 0.2) is 0 Å². The van der Waals surface area contributed by atoms with Gasteiger partial charge < -0.3 is 10.2 Å². The number of rotatable bonds is 6. The second-order valence-corrected chi connectivity index (χ2v) is 5.79. The average Bonchev–Trinajstić information content (AvgIpc) is 2.36. The molecule has 19 heavy (non-hydrogen) atoms. The van der Waals surface area contributed by atoms with Crippen LogP contribution in [0.1, 0.15) is 66.7 Å². The highest BCUT2D eigenvalue weighted by molar-refractivity contribution is 5.99. The zero-order valence-corrected chi connectivity index (χ0v) is 13.0. The van der Waals surface area contributed by atoms with E-state index in [-0.39, 0.29) is 23.9 Å². The molecule has 0 saturated carbocycles. The van der Waals surface area contributed by atoms with Crippen molar-refractivity contribution in [3.8, 4) is 0 Å². The van der Waals surface area contributed by atoms with Crippen LogP contribution in [0, 0.1) is 0 Å². The fourth-order valence-electron chi connectivity index (χ4n) is 2.96. The van der Waals surface area contributed by atoms with Crippen molar-refractivity contribution in [1.82, 2.24) is 10.2 Å². The minimum Gasteiger partial charge on any atom is -0.342 e. The Bertz CT molecular complexity index is 343. The summed E-state index contributed by atoms with van der Waals surface area (Å²) in [6.07, 6.45) is 4.23. The van der Waals surface area contributed by atoms with Gasteiger partial charge in [-0.15, -0.1) is 0 Å². The van der Waals surface area contributed by atoms with E-state index < -0.39 is 5.54 Å². The van der Waals surface area contributed by atoms with Crippen molar-refractivity contribution < 1.29 is 9.59 Å². The Labute approximate surface area is 116 Å². The van der Waals surface area contributed by atoms with E-state index in [4.69, 9.17) is 0 Å². The van der Waals surface area contributed by atoms with Crippen molar-refractivity contribution in [3.63, 3.8) is 0 Å². The Morgan fingerprint density at radius 3 is 2.37 bits per heavy atom. The Morgan fingerprint density at radius 2 is 1.89 bits per heavy atom. The smallest absolute Gasteiger partial charge is 0.246 e. The molecule has 3 atom stereocenters. The van der Waals surface area contributed by atoms with Gasteiger partial charge in [0, 0.05) is 6.04 Å². The van der Waals surface area contributed by atoms with E-state index in [1.807, 2.05) is 25.7 Å². The van der Waals surface area contributed by atoms with Gasteiger partial charge in [0.05, 0.1) is 0 Å². The van der Waals surface area contributed by atoms with E-state index in [1.54, 1.807) is 0 Å². The van der Waals surface area contributed by atoms with Gasteiger partial charge in [0.25, 0.3) is 0 Å². The summed E-state index contributed by atoms with van der Waals surface area (Å²) in [5, 5.41) is 2.91. The number of carbonyl (C=O) groups is 2. The highest BCUT2D eigenvalue weighted by Crippen LogP contribution is 2.29. The van der Waals surface area contributed by atoms with E-state index in [9.17, 15) is 9.59 Å². The number of nitrogens with zero attached hydrogens (tertiary/aromatic N) is 1. The van der Waals surface area contributed by atoms with Crippen molar-refractivity contribution in [1.29, 1.82) is 0 Å². The average molecular weight is 268 g/mol. The van der Waals surface area contributed by atoms with Gasteiger partial charge in [0.2, 0.25) is 11.8 Å². The molecule has 1 fully saturated rings. The van der Waals surface area contributed by atoms with Gasteiger partial charge in [-0.25, -0.2) is 0 Å².